The smallest absolute Gasteiger partial charge is 0.326 e. The summed E-state index contributed by atoms with van der Waals surface area (Å²) in [5, 5.41) is 26.4. The van der Waals surface area contributed by atoms with Gasteiger partial charge in [0.25, 0.3) is 0 Å². The number of carboxylic acid groups (broad SMARTS) is 1. The highest BCUT2D eigenvalue weighted by Crippen LogP contribution is 2.11. The molecule has 4 unspecified atom stereocenters. The fourth-order valence-electron chi connectivity index (χ4n) is 3.14. The first-order valence-corrected chi connectivity index (χ1v) is 11.1. The van der Waals surface area contributed by atoms with Crippen molar-refractivity contribution in [2.75, 3.05) is 0 Å². The molecule has 0 saturated carbocycles. The van der Waals surface area contributed by atoms with Crippen molar-refractivity contribution < 1.29 is 29.4 Å². The number of nitrogens with zero attached hydrogens (tertiary/aromatic N) is 1. The van der Waals surface area contributed by atoms with E-state index < -0.39 is 47.9 Å². The number of hydrogen-bond donors (Lipinski definition) is 7. The van der Waals surface area contributed by atoms with Crippen molar-refractivity contribution in [3.8, 4) is 5.75 Å². The van der Waals surface area contributed by atoms with Gasteiger partial charge in [-0.25, -0.2) is 9.78 Å². The molecule has 1 aromatic heterocycles. The Morgan fingerprint density at radius 1 is 0.943 bits per heavy atom. The fourth-order valence-corrected chi connectivity index (χ4v) is 3.14. The van der Waals surface area contributed by atoms with Crippen LogP contribution in [0.5, 0.6) is 5.75 Å². The zero-order valence-corrected chi connectivity index (χ0v) is 19.8. The summed E-state index contributed by atoms with van der Waals surface area (Å²) in [5.41, 5.74) is 7.07. The lowest BCUT2D eigenvalue weighted by atomic mass is 10.0. The molecule has 0 spiro atoms. The maximum Gasteiger partial charge on any atom is 0.326 e. The van der Waals surface area contributed by atoms with Crippen molar-refractivity contribution in [2.24, 2.45) is 11.7 Å². The van der Waals surface area contributed by atoms with Crippen LogP contribution in [0.3, 0.4) is 0 Å². The number of phenols is 1. The van der Waals surface area contributed by atoms with E-state index in [9.17, 15) is 29.4 Å². The van der Waals surface area contributed by atoms with Gasteiger partial charge in [0.15, 0.2) is 0 Å². The summed E-state index contributed by atoms with van der Waals surface area (Å²) < 4.78 is 0. The number of rotatable bonds is 12. The van der Waals surface area contributed by atoms with E-state index in [1.54, 1.807) is 26.0 Å². The topological polar surface area (TPSA) is 200 Å². The van der Waals surface area contributed by atoms with Gasteiger partial charge in [-0.3, -0.25) is 14.4 Å². The molecule has 1 heterocycles. The van der Waals surface area contributed by atoms with Gasteiger partial charge in [-0.15, -0.1) is 0 Å². The van der Waals surface area contributed by atoms with Gasteiger partial charge in [0, 0.05) is 24.7 Å². The van der Waals surface area contributed by atoms with Crippen LogP contribution in [0.1, 0.15) is 32.0 Å². The largest absolute Gasteiger partial charge is 0.508 e. The SMILES string of the molecule is CC(NC(=O)C(Cc1cnc[nH]1)NC(=O)C(N)C(C)C)C(=O)NC(Cc1ccc(O)cc1)C(=O)O. The van der Waals surface area contributed by atoms with Crippen LogP contribution in [0.4, 0.5) is 0 Å². The molecule has 8 N–H and O–H groups in total. The van der Waals surface area contributed by atoms with Crippen molar-refractivity contribution in [3.05, 3.63) is 48.0 Å². The molecule has 35 heavy (non-hydrogen) atoms. The number of H-pyrrole nitrogens is 1. The molecular weight excluding hydrogens is 456 g/mol. The number of amides is 3. The molecule has 12 nitrogen and oxygen atoms in total. The van der Waals surface area contributed by atoms with Gasteiger partial charge in [-0.05, 0) is 30.5 Å². The zero-order chi connectivity index (χ0) is 26.1. The molecular formula is C23H32N6O6. The summed E-state index contributed by atoms with van der Waals surface area (Å²) in [4.78, 5) is 56.4. The highest BCUT2D eigenvalue weighted by Gasteiger charge is 2.29. The summed E-state index contributed by atoms with van der Waals surface area (Å²) in [6.07, 6.45) is 3.00. The first kappa shape index (κ1) is 27.3. The molecule has 4 atom stereocenters. The quantitative estimate of drug-likeness (QED) is 0.206. The van der Waals surface area contributed by atoms with Crippen LogP contribution >= 0.6 is 0 Å². The summed E-state index contributed by atoms with van der Waals surface area (Å²) in [5.74, 6) is -3.25. The molecule has 3 amide bonds. The monoisotopic (exact) mass is 488 g/mol. The zero-order valence-electron chi connectivity index (χ0n) is 19.8. The highest BCUT2D eigenvalue weighted by atomic mass is 16.4. The van der Waals surface area contributed by atoms with Gasteiger partial charge in [-0.1, -0.05) is 26.0 Å². The number of aromatic nitrogens is 2. The predicted molar refractivity (Wildman–Crippen MR) is 126 cm³/mol. The third kappa shape index (κ3) is 8.41. The van der Waals surface area contributed by atoms with E-state index in [1.165, 1.54) is 31.6 Å². The van der Waals surface area contributed by atoms with Crippen molar-refractivity contribution >= 4 is 23.7 Å². The normalized spacial score (nSPS) is 14.4. The Bertz CT molecular complexity index is 1010. The van der Waals surface area contributed by atoms with E-state index in [-0.39, 0.29) is 24.5 Å². The number of carbonyl (C=O) groups is 4. The van der Waals surface area contributed by atoms with Gasteiger partial charge >= 0.3 is 5.97 Å². The van der Waals surface area contributed by atoms with Crippen LogP contribution in [0.2, 0.25) is 0 Å². The molecule has 0 radical (unpaired) electrons. The van der Waals surface area contributed by atoms with E-state index in [0.29, 0.717) is 11.3 Å². The summed E-state index contributed by atoms with van der Waals surface area (Å²) in [7, 11) is 0. The molecule has 0 aliphatic heterocycles. The van der Waals surface area contributed by atoms with Crippen molar-refractivity contribution in [1.29, 1.82) is 0 Å². The molecule has 12 heteroatoms. The van der Waals surface area contributed by atoms with Gasteiger partial charge < -0.3 is 36.9 Å². The third-order valence-corrected chi connectivity index (χ3v) is 5.38. The molecule has 0 aliphatic rings. The minimum atomic E-state index is -1.25. The Morgan fingerprint density at radius 2 is 1.57 bits per heavy atom. The van der Waals surface area contributed by atoms with Crippen LogP contribution in [0, 0.1) is 5.92 Å². The first-order chi connectivity index (χ1) is 16.5. The molecule has 0 fully saturated rings. The maximum absolute atomic E-state index is 12.9. The predicted octanol–water partition coefficient (Wildman–Crippen LogP) is -0.557. The number of carbonyl (C=O) groups excluding carboxylic acids is 3. The van der Waals surface area contributed by atoms with Gasteiger partial charge in [0.1, 0.15) is 23.9 Å². The Kier molecular flexibility index (Phi) is 9.76. The number of aromatic hydroxyl groups is 1. The Morgan fingerprint density at radius 3 is 2.11 bits per heavy atom. The lowest BCUT2D eigenvalue weighted by Crippen LogP contribution is -2.57. The van der Waals surface area contributed by atoms with Crippen LogP contribution in [-0.2, 0) is 32.0 Å². The van der Waals surface area contributed by atoms with E-state index >= 15 is 0 Å². The summed E-state index contributed by atoms with van der Waals surface area (Å²) in [6.45, 7) is 4.96. The molecule has 1 aromatic carbocycles. The van der Waals surface area contributed by atoms with E-state index in [1.807, 2.05) is 0 Å². The summed E-state index contributed by atoms with van der Waals surface area (Å²) >= 11 is 0. The van der Waals surface area contributed by atoms with E-state index in [0.717, 1.165) is 0 Å². The minimum absolute atomic E-state index is 0.0202. The van der Waals surface area contributed by atoms with Gasteiger partial charge in [0.05, 0.1) is 12.4 Å². The molecule has 2 rings (SSSR count). The second-order valence-electron chi connectivity index (χ2n) is 8.61. The number of benzene rings is 1. The Hall–Kier alpha value is -3.93. The Balaban J connectivity index is 2.05. The number of nitrogens with two attached hydrogens (primary N) is 1. The third-order valence-electron chi connectivity index (χ3n) is 5.38. The van der Waals surface area contributed by atoms with Crippen LogP contribution in [0.25, 0.3) is 0 Å². The Labute approximate surface area is 202 Å². The second kappa shape index (κ2) is 12.5. The van der Waals surface area contributed by atoms with Crippen molar-refractivity contribution in [3.63, 3.8) is 0 Å². The lowest BCUT2D eigenvalue weighted by Gasteiger charge is -2.24. The minimum Gasteiger partial charge on any atom is -0.508 e. The molecule has 2 aromatic rings. The highest BCUT2D eigenvalue weighted by molar-refractivity contribution is 5.94. The average Bonchev–Trinajstić information content (AvgIpc) is 3.31. The number of nitrogens with one attached hydrogen (secondary N) is 4. The molecule has 0 bridgehead atoms. The molecule has 190 valence electrons. The van der Waals surface area contributed by atoms with Crippen LogP contribution in [-0.4, -0.2) is 68.0 Å². The number of aliphatic carboxylic acids is 1. The second-order valence-corrected chi connectivity index (χ2v) is 8.61. The van der Waals surface area contributed by atoms with Gasteiger partial charge in [-0.2, -0.15) is 0 Å². The van der Waals surface area contributed by atoms with Crippen molar-refractivity contribution in [2.45, 2.75) is 57.8 Å². The number of imidazole rings is 1. The van der Waals surface area contributed by atoms with Crippen molar-refractivity contribution in [1.82, 2.24) is 25.9 Å². The maximum atomic E-state index is 12.9. The number of hydrogen-bond acceptors (Lipinski definition) is 7. The number of aromatic amines is 1. The number of carboxylic acids is 1. The van der Waals surface area contributed by atoms with Gasteiger partial charge in [0.2, 0.25) is 17.7 Å². The molecule has 0 saturated heterocycles. The van der Waals surface area contributed by atoms with E-state index in [2.05, 4.69) is 25.9 Å². The average molecular weight is 489 g/mol. The lowest BCUT2D eigenvalue weighted by molar-refractivity contribution is -0.142. The fraction of sp³-hybridized carbons (Fsp3) is 0.435. The van der Waals surface area contributed by atoms with Crippen LogP contribution < -0.4 is 21.7 Å². The first-order valence-electron chi connectivity index (χ1n) is 11.1. The van der Waals surface area contributed by atoms with Crippen LogP contribution in [0.15, 0.2) is 36.8 Å². The standard InChI is InChI=1S/C23H32N6O6/c1-12(2)19(24)22(33)28-17(9-15-10-25-11-26-15)21(32)27-13(3)20(31)29-18(23(34)35)8-14-4-6-16(30)7-5-14/h4-7,10-13,17-19,30H,8-9,24H2,1-3H3,(H,25,26)(H,27,32)(H,28,33)(H,29,31)(H,34,35). The summed E-state index contributed by atoms with van der Waals surface area (Å²) in [6, 6.07) is 1.70. The van der Waals surface area contributed by atoms with E-state index in [4.69, 9.17) is 5.73 Å². The molecule has 0 aliphatic carbocycles. The number of phenolic OH excluding ortho intramolecular Hbond substituents is 1.